The van der Waals surface area contributed by atoms with Crippen LogP contribution in [-0.2, 0) is 11.4 Å². The molecule has 0 spiro atoms. The lowest BCUT2D eigenvalue weighted by Crippen LogP contribution is -2.48. The Morgan fingerprint density at radius 1 is 1.05 bits per heavy atom. The lowest BCUT2D eigenvalue weighted by molar-refractivity contribution is -0.224. The number of benzene rings is 2. The van der Waals surface area contributed by atoms with Gasteiger partial charge in [-0.1, -0.05) is 35.9 Å². The molecular weight excluding hydrogens is 256 g/mol. The minimum atomic E-state index is -2.07. The van der Waals surface area contributed by atoms with E-state index in [2.05, 4.69) is 0 Å². The van der Waals surface area contributed by atoms with Gasteiger partial charge in [0, 0.05) is 16.7 Å². The molecule has 2 aromatic rings. The first-order valence-corrected chi connectivity index (χ1v) is 6.37. The first-order chi connectivity index (χ1) is 9.48. The van der Waals surface area contributed by atoms with Crippen molar-refractivity contribution in [1.82, 2.24) is 0 Å². The van der Waals surface area contributed by atoms with Crippen LogP contribution in [0.3, 0.4) is 0 Å². The van der Waals surface area contributed by atoms with Gasteiger partial charge in [0.2, 0.25) is 11.4 Å². The van der Waals surface area contributed by atoms with Crippen LogP contribution in [0.1, 0.15) is 27.0 Å². The molecule has 4 rings (SSSR count). The van der Waals surface area contributed by atoms with Gasteiger partial charge in [0.1, 0.15) is 5.75 Å². The summed E-state index contributed by atoms with van der Waals surface area (Å²) in [6, 6.07) is 11.7. The summed E-state index contributed by atoms with van der Waals surface area (Å²) in [5.74, 6) is -2.24. The maximum absolute atomic E-state index is 12.6. The van der Waals surface area contributed by atoms with E-state index < -0.39 is 17.2 Å². The summed E-state index contributed by atoms with van der Waals surface area (Å²) in [4.78, 5) is 12.6. The predicted octanol–water partition coefficient (Wildman–Crippen LogP) is 1.62. The number of aliphatic hydroxyl groups is 2. The largest absolute Gasteiger partial charge is 0.454 e. The standard InChI is InChI=1S/C16H12O4/c1-9-6-7-13-12(8-9)15(18)14(17)10-4-2-3-5-11(10)16(15,19)20-13/h2-8,18-19H,1H3. The fourth-order valence-corrected chi connectivity index (χ4v) is 3.13. The summed E-state index contributed by atoms with van der Waals surface area (Å²) < 4.78 is 5.56. The third-order valence-corrected chi connectivity index (χ3v) is 4.14. The van der Waals surface area contributed by atoms with Crippen molar-refractivity contribution in [1.29, 1.82) is 0 Å². The van der Waals surface area contributed by atoms with Gasteiger partial charge in [0.05, 0.1) is 0 Å². The zero-order chi connectivity index (χ0) is 14.1. The highest BCUT2D eigenvalue weighted by Gasteiger charge is 2.70. The average Bonchev–Trinajstić information content (AvgIpc) is 2.77. The van der Waals surface area contributed by atoms with Gasteiger partial charge in [-0.2, -0.15) is 0 Å². The zero-order valence-electron chi connectivity index (χ0n) is 10.8. The number of ketones is 1. The third kappa shape index (κ3) is 1.04. The van der Waals surface area contributed by atoms with E-state index in [9.17, 15) is 15.0 Å². The predicted molar refractivity (Wildman–Crippen MR) is 70.4 cm³/mol. The molecule has 0 aromatic heterocycles. The Labute approximate surface area is 115 Å². The molecule has 0 saturated carbocycles. The summed E-state index contributed by atoms with van der Waals surface area (Å²) in [7, 11) is 0. The number of hydrogen-bond acceptors (Lipinski definition) is 4. The normalized spacial score (nSPS) is 29.6. The van der Waals surface area contributed by atoms with Gasteiger partial charge in [-0.15, -0.1) is 0 Å². The first kappa shape index (κ1) is 11.6. The van der Waals surface area contributed by atoms with Gasteiger partial charge in [0.25, 0.3) is 5.79 Å². The van der Waals surface area contributed by atoms with Crippen LogP contribution in [0.25, 0.3) is 0 Å². The van der Waals surface area contributed by atoms with Gasteiger partial charge in [-0.25, -0.2) is 0 Å². The van der Waals surface area contributed by atoms with Crippen molar-refractivity contribution in [2.75, 3.05) is 0 Å². The molecule has 100 valence electrons. The minimum Gasteiger partial charge on any atom is -0.454 e. The van der Waals surface area contributed by atoms with Crippen molar-refractivity contribution in [2.45, 2.75) is 18.3 Å². The molecule has 0 saturated heterocycles. The van der Waals surface area contributed by atoms with Crippen LogP contribution in [0.2, 0.25) is 0 Å². The fraction of sp³-hybridized carbons (Fsp3) is 0.188. The van der Waals surface area contributed by atoms with Crippen LogP contribution in [-0.4, -0.2) is 16.0 Å². The Kier molecular flexibility index (Phi) is 1.91. The number of hydrogen-bond donors (Lipinski definition) is 2. The molecule has 1 aliphatic heterocycles. The minimum absolute atomic E-state index is 0.296. The molecule has 0 bridgehead atoms. The zero-order valence-corrected chi connectivity index (χ0v) is 10.8. The molecule has 0 amide bonds. The Balaban J connectivity index is 2.07. The molecule has 20 heavy (non-hydrogen) atoms. The SMILES string of the molecule is Cc1ccc2c(c1)C1(O)C(=O)c3ccccc3C1(O)O2. The van der Waals surface area contributed by atoms with Crippen molar-refractivity contribution in [3.05, 3.63) is 64.7 Å². The molecule has 1 aliphatic carbocycles. The van der Waals surface area contributed by atoms with Gasteiger partial charge >= 0.3 is 0 Å². The van der Waals surface area contributed by atoms with E-state index in [-0.39, 0.29) is 0 Å². The summed E-state index contributed by atoms with van der Waals surface area (Å²) >= 11 is 0. The highest BCUT2D eigenvalue weighted by molar-refractivity contribution is 6.09. The molecule has 4 nitrogen and oxygen atoms in total. The summed E-state index contributed by atoms with van der Waals surface area (Å²) in [6.07, 6.45) is 0. The highest BCUT2D eigenvalue weighted by Crippen LogP contribution is 2.57. The molecule has 2 aliphatic rings. The van der Waals surface area contributed by atoms with E-state index in [0.717, 1.165) is 5.56 Å². The molecule has 2 aromatic carbocycles. The number of ether oxygens (including phenoxy) is 1. The third-order valence-electron chi connectivity index (χ3n) is 4.14. The Bertz CT molecular complexity index is 767. The van der Waals surface area contributed by atoms with Crippen molar-refractivity contribution in [3.63, 3.8) is 0 Å². The van der Waals surface area contributed by atoms with E-state index in [0.29, 0.717) is 22.4 Å². The number of carbonyl (C=O) groups is 1. The Hall–Kier alpha value is -2.17. The van der Waals surface area contributed by atoms with Crippen LogP contribution in [0.4, 0.5) is 0 Å². The highest BCUT2D eigenvalue weighted by atomic mass is 16.7. The number of Topliss-reactive ketones (excluding diaryl/α,β-unsaturated/α-hetero) is 1. The summed E-state index contributed by atoms with van der Waals surface area (Å²) in [5.41, 5.74) is -0.265. The quantitative estimate of drug-likeness (QED) is 0.762. The maximum Gasteiger partial charge on any atom is 0.276 e. The molecule has 2 N–H and O–H groups in total. The first-order valence-electron chi connectivity index (χ1n) is 6.37. The van der Waals surface area contributed by atoms with Gasteiger partial charge in [0.15, 0.2) is 0 Å². The molecule has 4 heteroatoms. The van der Waals surface area contributed by atoms with Gasteiger partial charge < -0.3 is 14.9 Å². The van der Waals surface area contributed by atoms with Crippen molar-refractivity contribution in [2.24, 2.45) is 0 Å². The van der Waals surface area contributed by atoms with Crippen LogP contribution in [0.5, 0.6) is 5.75 Å². The topological polar surface area (TPSA) is 66.8 Å². The number of fused-ring (bicyclic) bond motifs is 5. The average molecular weight is 268 g/mol. The molecule has 0 fully saturated rings. The molecule has 2 atom stereocenters. The maximum atomic E-state index is 12.6. The second kappa shape index (κ2) is 3.29. The van der Waals surface area contributed by atoms with E-state index >= 15 is 0 Å². The van der Waals surface area contributed by atoms with E-state index in [1.807, 2.05) is 13.0 Å². The Morgan fingerprint density at radius 3 is 2.60 bits per heavy atom. The van der Waals surface area contributed by atoms with E-state index in [1.165, 1.54) is 0 Å². The van der Waals surface area contributed by atoms with Crippen molar-refractivity contribution >= 4 is 5.78 Å². The van der Waals surface area contributed by atoms with Gasteiger partial charge in [-0.3, -0.25) is 4.79 Å². The van der Waals surface area contributed by atoms with Gasteiger partial charge in [-0.05, 0) is 19.1 Å². The van der Waals surface area contributed by atoms with E-state index in [4.69, 9.17) is 4.74 Å². The number of carbonyl (C=O) groups excluding carboxylic acids is 1. The monoisotopic (exact) mass is 268 g/mol. The van der Waals surface area contributed by atoms with Crippen LogP contribution in [0, 0.1) is 6.92 Å². The molecule has 0 radical (unpaired) electrons. The fourth-order valence-electron chi connectivity index (χ4n) is 3.13. The lowest BCUT2D eigenvalue weighted by Gasteiger charge is -2.28. The number of aryl methyl sites for hydroxylation is 1. The summed E-state index contributed by atoms with van der Waals surface area (Å²) in [6.45, 7) is 1.85. The van der Waals surface area contributed by atoms with Crippen molar-refractivity contribution in [3.8, 4) is 5.75 Å². The van der Waals surface area contributed by atoms with Crippen LogP contribution >= 0.6 is 0 Å². The smallest absolute Gasteiger partial charge is 0.276 e. The second-order valence-electron chi connectivity index (χ2n) is 5.33. The molecule has 2 unspecified atom stereocenters. The van der Waals surface area contributed by atoms with E-state index in [1.54, 1.807) is 36.4 Å². The lowest BCUT2D eigenvalue weighted by atomic mass is 9.86. The second-order valence-corrected chi connectivity index (χ2v) is 5.33. The molecule has 1 heterocycles. The van der Waals surface area contributed by atoms with Crippen LogP contribution in [0.15, 0.2) is 42.5 Å². The van der Waals surface area contributed by atoms with Crippen molar-refractivity contribution < 1.29 is 19.7 Å². The summed E-state index contributed by atoms with van der Waals surface area (Å²) in [5, 5.41) is 21.8. The van der Waals surface area contributed by atoms with Crippen LogP contribution < -0.4 is 4.74 Å². The Morgan fingerprint density at radius 2 is 1.80 bits per heavy atom. The number of rotatable bonds is 0. The molecular formula is C16H12O4.